The van der Waals surface area contributed by atoms with Gasteiger partial charge in [-0.25, -0.2) is 0 Å². The highest BCUT2D eigenvalue weighted by atomic mass is 79.9. The summed E-state index contributed by atoms with van der Waals surface area (Å²) in [6, 6.07) is 0. The Bertz CT molecular complexity index is 332. The van der Waals surface area contributed by atoms with Gasteiger partial charge in [-0.2, -0.15) is 0 Å². The number of terminal acetylenes is 1. The molecule has 1 aliphatic heterocycles. The SMILES string of the molecule is C#C/C=C\C[C@@H]1O[C@H](CC)[C@H](Br)C/C=C\C[C@@H]1Cl. The van der Waals surface area contributed by atoms with Crippen LogP contribution in [0.2, 0.25) is 0 Å². The first-order valence-electron chi connectivity index (χ1n) is 6.38. The Morgan fingerprint density at radius 1 is 1.44 bits per heavy atom. The monoisotopic (exact) mass is 330 g/mol. The van der Waals surface area contributed by atoms with E-state index in [0.717, 1.165) is 25.7 Å². The first-order chi connectivity index (χ1) is 8.69. The predicted molar refractivity (Wildman–Crippen MR) is 82.3 cm³/mol. The lowest BCUT2D eigenvalue weighted by atomic mass is 10.1. The zero-order valence-electron chi connectivity index (χ0n) is 10.7. The Labute approximate surface area is 124 Å². The third kappa shape index (κ3) is 5.18. The summed E-state index contributed by atoms with van der Waals surface area (Å²) in [5.74, 6) is 2.49. The lowest BCUT2D eigenvalue weighted by molar-refractivity contribution is -0.0123. The van der Waals surface area contributed by atoms with Gasteiger partial charge < -0.3 is 4.74 Å². The van der Waals surface area contributed by atoms with Crippen LogP contribution in [0.4, 0.5) is 0 Å². The van der Waals surface area contributed by atoms with Crippen molar-refractivity contribution < 1.29 is 4.74 Å². The van der Waals surface area contributed by atoms with Crippen LogP contribution in [0, 0.1) is 12.3 Å². The summed E-state index contributed by atoms with van der Waals surface area (Å²) in [4.78, 5) is 0.347. The summed E-state index contributed by atoms with van der Waals surface area (Å²) in [7, 11) is 0. The maximum absolute atomic E-state index is 6.40. The van der Waals surface area contributed by atoms with Crippen LogP contribution in [-0.2, 0) is 4.74 Å². The lowest BCUT2D eigenvalue weighted by Gasteiger charge is -2.28. The van der Waals surface area contributed by atoms with Gasteiger partial charge in [0, 0.05) is 4.83 Å². The zero-order chi connectivity index (χ0) is 13.4. The van der Waals surface area contributed by atoms with Crippen molar-refractivity contribution in [2.45, 2.75) is 55.0 Å². The number of allylic oxidation sites excluding steroid dienone is 3. The van der Waals surface area contributed by atoms with Crippen molar-refractivity contribution in [1.29, 1.82) is 0 Å². The second-order valence-electron chi connectivity index (χ2n) is 4.40. The van der Waals surface area contributed by atoms with E-state index < -0.39 is 0 Å². The number of alkyl halides is 2. The molecule has 1 rings (SSSR count). The summed E-state index contributed by atoms with van der Waals surface area (Å²) in [5, 5.41) is -0.00414. The molecule has 0 radical (unpaired) electrons. The van der Waals surface area contributed by atoms with Crippen LogP contribution in [0.1, 0.15) is 32.6 Å². The Hall–Kier alpha value is -0.230. The first-order valence-corrected chi connectivity index (χ1v) is 7.74. The summed E-state index contributed by atoms with van der Waals surface area (Å²) < 4.78 is 6.15. The maximum Gasteiger partial charge on any atom is 0.0780 e. The minimum Gasteiger partial charge on any atom is -0.372 e. The second kappa shape index (κ2) is 8.80. The smallest absolute Gasteiger partial charge is 0.0780 e. The van der Waals surface area contributed by atoms with Crippen LogP contribution < -0.4 is 0 Å². The van der Waals surface area contributed by atoms with Crippen LogP contribution in [0.5, 0.6) is 0 Å². The summed E-state index contributed by atoms with van der Waals surface area (Å²) in [5.41, 5.74) is 0. The molecule has 0 fully saturated rings. The number of ether oxygens (including phenoxy) is 1. The van der Waals surface area contributed by atoms with Crippen molar-refractivity contribution in [3.63, 3.8) is 0 Å². The Morgan fingerprint density at radius 2 is 2.17 bits per heavy atom. The third-order valence-electron chi connectivity index (χ3n) is 3.03. The molecule has 18 heavy (non-hydrogen) atoms. The second-order valence-corrected chi connectivity index (χ2v) is 6.14. The molecule has 1 heterocycles. The molecular formula is C15H20BrClO. The molecule has 0 aromatic carbocycles. The molecule has 0 saturated heterocycles. The van der Waals surface area contributed by atoms with Gasteiger partial charge in [-0.3, -0.25) is 0 Å². The quantitative estimate of drug-likeness (QED) is 0.422. The molecule has 0 amide bonds. The minimum absolute atomic E-state index is 0.00414. The van der Waals surface area contributed by atoms with E-state index >= 15 is 0 Å². The van der Waals surface area contributed by atoms with Gasteiger partial charge >= 0.3 is 0 Å². The minimum atomic E-state index is -0.00414. The fraction of sp³-hybridized carbons (Fsp3) is 0.600. The van der Waals surface area contributed by atoms with Crippen LogP contribution in [0.3, 0.4) is 0 Å². The molecule has 0 saturated carbocycles. The van der Waals surface area contributed by atoms with Crippen molar-refractivity contribution in [3.8, 4) is 12.3 Å². The summed E-state index contributed by atoms with van der Waals surface area (Å²) >= 11 is 10.1. The number of hydrogen-bond acceptors (Lipinski definition) is 1. The van der Waals surface area contributed by atoms with Crippen molar-refractivity contribution in [3.05, 3.63) is 24.3 Å². The molecule has 0 unspecified atom stereocenters. The molecule has 0 aliphatic carbocycles. The zero-order valence-corrected chi connectivity index (χ0v) is 13.0. The summed E-state index contributed by atoms with van der Waals surface area (Å²) in [6.45, 7) is 2.14. The fourth-order valence-corrected chi connectivity index (χ4v) is 2.96. The van der Waals surface area contributed by atoms with Gasteiger partial charge in [-0.05, 0) is 31.8 Å². The normalized spacial score (nSPS) is 35.4. The average Bonchev–Trinajstić information content (AvgIpc) is 2.43. The fourth-order valence-electron chi connectivity index (χ4n) is 1.98. The van der Waals surface area contributed by atoms with E-state index in [2.05, 4.69) is 40.9 Å². The highest BCUT2D eigenvalue weighted by Gasteiger charge is 2.26. The molecule has 0 aromatic heterocycles. The van der Waals surface area contributed by atoms with Gasteiger partial charge in [0.15, 0.2) is 0 Å². The number of halogens is 2. The number of hydrogen-bond donors (Lipinski definition) is 0. The largest absolute Gasteiger partial charge is 0.372 e. The van der Waals surface area contributed by atoms with E-state index in [9.17, 15) is 0 Å². The molecule has 1 nitrogen and oxygen atoms in total. The first kappa shape index (κ1) is 15.8. The number of rotatable bonds is 3. The van der Waals surface area contributed by atoms with Gasteiger partial charge in [0.05, 0.1) is 17.6 Å². The van der Waals surface area contributed by atoms with Crippen LogP contribution in [-0.4, -0.2) is 22.4 Å². The van der Waals surface area contributed by atoms with E-state index in [-0.39, 0.29) is 17.6 Å². The molecule has 0 N–H and O–H groups in total. The van der Waals surface area contributed by atoms with Crippen LogP contribution in [0.25, 0.3) is 0 Å². The van der Waals surface area contributed by atoms with Gasteiger partial charge in [0.25, 0.3) is 0 Å². The van der Waals surface area contributed by atoms with Crippen LogP contribution in [0.15, 0.2) is 24.3 Å². The molecule has 0 spiro atoms. The van der Waals surface area contributed by atoms with Gasteiger partial charge in [0.2, 0.25) is 0 Å². The molecule has 0 aromatic rings. The molecule has 100 valence electrons. The Kier molecular flexibility index (Phi) is 7.74. The Morgan fingerprint density at radius 3 is 2.83 bits per heavy atom. The van der Waals surface area contributed by atoms with Gasteiger partial charge in [0.1, 0.15) is 0 Å². The third-order valence-corrected chi connectivity index (χ3v) is 4.45. The highest BCUT2D eigenvalue weighted by molar-refractivity contribution is 9.09. The van der Waals surface area contributed by atoms with E-state index in [1.165, 1.54) is 0 Å². The average molecular weight is 332 g/mol. The van der Waals surface area contributed by atoms with Crippen molar-refractivity contribution in [2.24, 2.45) is 0 Å². The standard InChI is InChI=1S/C15H20BrClO/c1-3-5-6-11-15-13(17)10-8-7-9-12(16)14(4-2)18-15/h1,5-8,12-15H,4,9-11H2,2H3/b6-5-,8-7-/t12-,13+,14-,15+/m1/s1. The van der Waals surface area contributed by atoms with Crippen molar-refractivity contribution >= 4 is 27.5 Å². The van der Waals surface area contributed by atoms with E-state index in [0.29, 0.717) is 4.83 Å². The molecule has 1 aliphatic rings. The predicted octanol–water partition coefficient (Wildman–Crippen LogP) is 4.45. The Balaban J connectivity index is 2.73. The molecule has 4 atom stereocenters. The molecular weight excluding hydrogens is 312 g/mol. The lowest BCUT2D eigenvalue weighted by Crippen LogP contribution is -2.33. The molecule has 0 bridgehead atoms. The van der Waals surface area contributed by atoms with Gasteiger partial charge in [-0.1, -0.05) is 47.0 Å². The highest BCUT2D eigenvalue weighted by Crippen LogP contribution is 2.26. The van der Waals surface area contributed by atoms with E-state index in [1.807, 2.05) is 6.08 Å². The topological polar surface area (TPSA) is 9.23 Å². The maximum atomic E-state index is 6.40. The molecule has 3 heteroatoms. The van der Waals surface area contributed by atoms with Crippen molar-refractivity contribution in [1.82, 2.24) is 0 Å². The van der Waals surface area contributed by atoms with Crippen LogP contribution >= 0.6 is 27.5 Å². The van der Waals surface area contributed by atoms with E-state index in [4.69, 9.17) is 22.8 Å². The van der Waals surface area contributed by atoms with Crippen molar-refractivity contribution in [2.75, 3.05) is 0 Å². The summed E-state index contributed by atoms with van der Waals surface area (Å²) in [6.07, 6.45) is 17.0. The van der Waals surface area contributed by atoms with Gasteiger partial charge in [-0.15, -0.1) is 18.0 Å². The van der Waals surface area contributed by atoms with E-state index in [1.54, 1.807) is 6.08 Å².